The van der Waals surface area contributed by atoms with Crippen LogP contribution in [0.4, 0.5) is 0 Å². The first-order valence-electron chi connectivity index (χ1n) is 6.91. The van der Waals surface area contributed by atoms with Gasteiger partial charge in [0.25, 0.3) is 0 Å². The number of benzene rings is 2. The third-order valence-electron chi connectivity index (χ3n) is 3.70. The predicted octanol–water partition coefficient (Wildman–Crippen LogP) is 2.59. The second-order valence-corrected chi connectivity index (χ2v) is 7.31. The Kier molecular flexibility index (Phi) is 3.69. The zero-order chi connectivity index (χ0) is 14.9. The number of para-hydroxylation sites is 1. The lowest BCUT2D eigenvalue weighted by molar-refractivity contribution is 0.440. The first kappa shape index (κ1) is 14.1. The fraction of sp³-hybridized carbons (Fsp3) is 0.250. The third kappa shape index (κ3) is 2.94. The van der Waals surface area contributed by atoms with Gasteiger partial charge in [-0.1, -0.05) is 36.4 Å². The van der Waals surface area contributed by atoms with Crippen LogP contribution in [-0.4, -0.2) is 30.1 Å². The molecule has 5 heteroatoms. The molecule has 3 rings (SSSR count). The van der Waals surface area contributed by atoms with Crippen molar-refractivity contribution >= 4 is 10.0 Å². The molecule has 0 amide bonds. The Balaban J connectivity index is 1.89. The van der Waals surface area contributed by atoms with Gasteiger partial charge in [0.1, 0.15) is 5.75 Å². The molecule has 0 atom stereocenters. The van der Waals surface area contributed by atoms with Crippen molar-refractivity contribution in [3.63, 3.8) is 0 Å². The molecule has 1 saturated heterocycles. The first-order chi connectivity index (χ1) is 10.1. The highest BCUT2D eigenvalue weighted by Gasteiger charge is 2.27. The molecule has 110 valence electrons. The van der Waals surface area contributed by atoms with E-state index in [9.17, 15) is 13.5 Å². The molecule has 1 aliphatic heterocycles. The molecular weight excluding hydrogens is 286 g/mol. The fourth-order valence-electron chi connectivity index (χ4n) is 2.63. The number of phenols is 1. The summed E-state index contributed by atoms with van der Waals surface area (Å²) < 4.78 is 25.2. The molecular formula is C16H17NO3S. The first-order valence-corrected chi connectivity index (χ1v) is 8.52. The monoisotopic (exact) mass is 303 g/mol. The molecule has 1 aliphatic rings. The van der Waals surface area contributed by atoms with Crippen LogP contribution in [0.1, 0.15) is 12.0 Å². The van der Waals surface area contributed by atoms with E-state index in [-0.39, 0.29) is 11.5 Å². The summed E-state index contributed by atoms with van der Waals surface area (Å²) in [6.07, 6.45) is 0.696. The number of phenolic OH excluding ortho intramolecular Hbond substituents is 1. The molecule has 2 aromatic rings. The summed E-state index contributed by atoms with van der Waals surface area (Å²) in [5.41, 5.74) is 2.58. The van der Waals surface area contributed by atoms with Crippen LogP contribution in [0.3, 0.4) is 0 Å². The van der Waals surface area contributed by atoms with E-state index in [0.29, 0.717) is 19.5 Å². The lowest BCUT2D eigenvalue weighted by atomic mass is 10.0. The highest BCUT2D eigenvalue weighted by molar-refractivity contribution is 7.89. The molecule has 21 heavy (non-hydrogen) atoms. The topological polar surface area (TPSA) is 57.6 Å². The summed E-state index contributed by atoms with van der Waals surface area (Å²) in [7, 11) is -3.09. The van der Waals surface area contributed by atoms with E-state index in [1.165, 1.54) is 4.31 Å². The quantitative estimate of drug-likeness (QED) is 0.948. The van der Waals surface area contributed by atoms with Gasteiger partial charge in [-0.3, -0.25) is 0 Å². The minimum Gasteiger partial charge on any atom is -0.507 e. The van der Waals surface area contributed by atoms with Gasteiger partial charge in [0.05, 0.1) is 5.75 Å². The number of hydrogen-bond acceptors (Lipinski definition) is 3. The Morgan fingerprint density at radius 2 is 1.90 bits per heavy atom. The van der Waals surface area contributed by atoms with Crippen LogP contribution >= 0.6 is 0 Å². The molecule has 4 nitrogen and oxygen atoms in total. The number of hydrogen-bond donors (Lipinski definition) is 1. The zero-order valence-corrected chi connectivity index (χ0v) is 12.4. The van der Waals surface area contributed by atoms with Crippen LogP contribution < -0.4 is 0 Å². The molecule has 0 aliphatic carbocycles. The third-order valence-corrected chi connectivity index (χ3v) is 5.61. The van der Waals surface area contributed by atoms with E-state index in [4.69, 9.17) is 0 Å². The van der Waals surface area contributed by atoms with Gasteiger partial charge in [0.15, 0.2) is 0 Å². The largest absolute Gasteiger partial charge is 0.507 e. The highest BCUT2D eigenvalue weighted by atomic mass is 32.2. The van der Waals surface area contributed by atoms with E-state index >= 15 is 0 Å². The minimum absolute atomic E-state index is 0.225. The maximum Gasteiger partial charge on any atom is 0.214 e. The molecule has 0 radical (unpaired) electrons. The Morgan fingerprint density at radius 1 is 1.10 bits per heavy atom. The van der Waals surface area contributed by atoms with E-state index in [0.717, 1.165) is 16.7 Å². The van der Waals surface area contributed by atoms with Gasteiger partial charge in [0, 0.05) is 18.7 Å². The van der Waals surface area contributed by atoms with Crippen molar-refractivity contribution in [1.29, 1.82) is 0 Å². The minimum atomic E-state index is -3.09. The molecule has 2 aromatic carbocycles. The molecule has 0 spiro atoms. The van der Waals surface area contributed by atoms with E-state index < -0.39 is 10.0 Å². The summed E-state index contributed by atoms with van der Waals surface area (Å²) in [6, 6.07) is 14.8. The van der Waals surface area contributed by atoms with Crippen molar-refractivity contribution in [2.75, 3.05) is 12.3 Å². The Bertz CT molecular complexity index is 756. The molecule has 0 aromatic heterocycles. The number of rotatable bonds is 3. The number of nitrogens with zero attached hydrogens (tertiary/aromatic N) is 1. The lowest BCUT2D eigenvalue weighted by Crippen LogP contribution is -2.25. The van der Waals surface area contributed by atoms with Crippen molar-refractivity contribution in [2.45, 2.75) is 13.0 Å². The summed E-state index contributed by atoms with van der Waals surface area (Å²) in [4.78, 5) is 0. The summed E-state index contributed by atoms with van der Waals surface area (Å²) in [5.74, 6) is 0.468. The molecule has 0 unspecified atom stereocenters. The molecule has 1 N–H and O–H groups in total. The Morgan fingerprint density at radius 3 is 2.62 bits per heavy atom. The van der Waals surface area contributed by atoms with Crippen LogP contribution in [0.2, 0.25) is 0 Å². The van der Waals surface area contributed by atoms with E-state index in [2.05, 4.69) is 0 Å². The van der Waals surface area contributed by atoms with E-state index in [1.54, 1.807) is 12.1 Å². The average Bonchev–Trinajstić information content (AvgIpc) is 2.79. The fourth-order valence-corrected chi connectivity index (χ4v) is 4.13. The predicted molar refractivity (Wildman–Crippen MR) is 82.4 cm³/mol. The van der Waals surface area contributed by atoms with Gasteiger partial charge < -0.3 is 5.11 Å². The summed E-state index contributed by atoms with van der Waals surface area (Å²) in [6.45, 7) is 0.979. The molecule has 0 saturated carbocycles. The van der Waals surface area contributed by atoms with Gasteiger partial charge in [0.2, 0.25) is 10.0 Å². The molecule has 1 fully saturated rings. The second kappa shape index (κ2) is 5.50. The zero-order valence-electron chi connectivity index (χ0n) is 11.6. The van der Waals surface area contributed by atoms with Gasteiger partial charge in [-0.25, -0.2) is 8.42 Å². The van der Waals surface area contributed by atoms with Crippen LogP contribution in [-0.2, 0) is 16.6 Å². The van der Waals surface area contributed by atoms with Gasteiger partial charge in [-0.05, 0) is 29.7 Å². The van der Waals surface area contributed by atoms with Gasteiger partial charge in [-0.15, -0.1) is 0 Å². The number of sulfonamides is 1. The van der Waals surface area contributed by atoms with Crippen molar-refractivity contribution in [2.24, 2.45) is 0 Å². The van der Waals surface area contributed by atoms with Crippen molar-refractivity contribution in [3.05, 3.63) is 54.1 Å². The molecule has 1 heterocycles. The standard InChI is InChI=1S/C16H17NO3S/c18-16-8-2-1-7-15(16)14-6-3-5-13(11-14)12-17-9-4-10-21(17,19)20/h1-3,5-8,11,18H,4,9-10,12H2. The van der Waals surface area contributed by atoms with Crippen LogP contribution in [0.25, 0.3) is 11.1 Å². The average molecular weight is 303 g/mol. The van der Waals surface area contributed by atoms with E-state index in [1.807, 2.05) is 36.4 Å². The SMILES string of the molecule is O=S1(=O)CCCN1Cc1cccc(-c2ccccc2O)c1. The van der Waals surface area contributed by atoms with Crippen LogP contribution in [0.5, 0.6) is 5.75 Å². The highest BCUT2D eigenvalue weighted by Crippen LogP contribution is 2.29. The maximum absolute atomic E-state index is 11.9. The Labute approximate surface area is 124 Å². The van der Waals surface area contributed by atoms with Crippen LogP contribution in [0.15, 0.2) is 48.5 Å². The van der Waals surface area contributed by atoms with Crippen molar-refractivity contribution in [1.82, 2.24) is 4.31 Å². The molecule has 0 bridgehead atoms. The normalized spacial score (nSPS) is 17.9. The number of aromatic hydroxyl groups is 1. The van der Waals surface area contributed by atoms with Crippen molar-refractivity contribution < 1.29 is 13.5 Å². The Hall–Kier alpha value is -1.85. The van der Waals surface area contributed by atoms with Crippen LogP contribution in [0, 0.1) is 0 Å². The summed E-state index contributed by atoms with van der Waals surface area (Å²) in [5, 5.41) is 9.92. The van der Waals surface area contributed by atoms with Gasteiger partial charge in [-0.2, -0.15) is 4.31 Å². The van der Waals surface area contributed by atoms with Crippen molar-refractivity contribution in [3.8, 4) is 16.9 Å². The second-order valence-electron chi connectivity index (χ2n) is 5.22. The smallest absolute Gasteiger partial charge is 0.214 e. The van der Waals surface area contributed by atoms with Gasteiger partial charge >= 0.3 is 0 Å². The summed E-state index contributed by atoms with van der Waals surface area (Å²) >= 11 is 0. The lowest BCUT2D eigenvalue weighted by Gasteiger charge is -2.15. The maximum atomic E-state index is 11.9.